The van der Waals surface area contributed by atoms with Crippen molar-refractivity contribution in [1.29, 1.82) is 0 Å². The van der Waals surface area contributed by atoms with E-state index in [9.17, 15) is 9.59 Å². The van der Waals surface area contributed by atoms with E-state index in [-0.39, 0.29) is 23.7 Å². The van der Waals surface area contributed by atoms with E-state index in [1.807, 2.05) is 12.1 Å². The Morgan fingerprint density at radius 2 is 1.27 bits per heavy atom. The first-order valence-electron chi connectivity index (χ1n) is 8.91. The lowest BCUT2D eigenvalue weighted by Gasteiger charge is -2.48. The van der Waals surface area contributed by atoms with Crippen LogP contribution in [0.4, 0.5) is 0 Å². The van der Waals surface area contributed by atoms with Crippen molar-refractivity contribution in [2.45, 2.75) is 24.0 Å². The van der Waals surface area contributed by atoms with Crippen molar-refractivity contribution < 1.29 is 28.5 Å². The van der Waals surface area contributed by atoms with Gasteiger partial charge in [-0.25, -0.2) is 0 Å². The molecule has 1 aromatic carbocycles. The summed E-state index contributed by atoms with van der Waals surface area (Å²) in [5.41, 5.74) is 0.244. The number of rotatable bonds is 4. The minimum absolute atomic E-state index is 0.0474. The molecule has 3 fully saturated rings. The normalized spacial score (nSPS) is 42.2. The second kappa shape index (κ2) is 4.67. The molecule has 0 aliphatic heterocycles. The Hall–Kier alpha value is -1.92. The summed E-state index contributed by atoms with van der Waals surface area (Å²) in [7, 11) is 5.67. The van der Waals surface area contributed by atoms with E-state index in [0.29, 0.717) is 0 Å². The number of fused-ring (bicyclic) bond motifs is 11. The van der Waals surface area contributed by atoms with Crippen molar-refractivity contribution in [2.24, 2.45) is 22.7 Å². The lowest BCUT2D eigenvalue weighted by Crippen LogP contribution is -2.56. The molecule has 0 aromatic heterocycles. The van der Waals surface area contributed by atoms with Gasteiger partial charge in [0, 0.05) is 14.2 Å². The van der Waals surface area contributed by atoms with Crippen LogP contribution < -0.4 is 0 Å². The maximum Gasteiger partial charge on any atom is 0.319 e. The first-order chi connectivity index (χ1) is 12.5. The Balaban J connectivity index is 1.75. The van der Waals surface area contributed by atoms with E-state index in [0.717, 1.165) is 6.42 Å². The van der Waals surface area contributed by atoms with Gasteiger partial charge < -0.3 is 18.9 Å². The van der Waals surface area contributed by atoms with E-state index >= 15 is 0 Å². The summed E-state index contributed by atoms with van der Waals surface area (Å²) in [6, 6.07) is 8.31. The molecule has 0 N–H and O–H groups in total. The highest BCUT2D eigenvalue weighted by atomic mass is 16.7. The third kappa shape index (κ3) is 1.16. The minimum atomic E-state index is -1.34. The van der Waals surface area contributed by atoms with Gasteiger partial charge in [-0.3, -0.25) is 9.59 Å². The molecule has 4 aliphatic carbocycles. The molecular formula is C20H22O6. The highest BCUT2D eigenvalue weighted by Crippen LogP contribution is 2.97. The highest BCUT2D eigenvalue weighted by Gasteiger charge is 3.10. The predicted molar refractivity (Wildman–Crippen MR) is 89.2 cm³/mol. The van der Waals surface area contributed by atoms with Gasteiger partial charge in [-0.1, -0.05) is 24.3 Å². The van der Waals surface area contributed by atoms with Crippen molar-refractivity contribution in [3.8, 4) is 0 Å². The van der Waals surface area contributed by atoms with Crippen LogP contribution in [0, 0.1) is 22.7 Å². The number of ether oxygens (including phenoxy) is 4. The lowest BCUT2D eigenvalue weighted by atomic mass is 9.51. The van der Waals surface area contributed by atoms with Crippen LogP contribution in [0.2, 0.25) is 0 Å². The molecule has 2 bridgehead atoms. The molecule has 0 spiro atoms. The lowest BCUT2D eigenvalue weighted by molar-refractivity contribution is -0.185. The zero-order valence-corrected chi connectivity index (χ0v) is 15.3. The van der Waals surface area contributed by atoms with E-state index in [1.165, 1.54) is 39.6 Å². The quantitative estimate of drug-likeness (QED) is 0.465. The summed E-state index contributed by atoms with van der Waals surface area (Å²) in [5.74, 6) is -1.93. The SMILES string of the molecule is COC(=O)[C@@]12[C@@H]3[C@@H]([C@@H]4C[C@H]3c3ccccc34)[C@]1(C(=O)OC)C2(OC)OC. The molecule has 4 aliphatic rings. The van der Waals surface area contributed by atoms with Crippen LogP contribution in [0.1, 0.15) is 29.4 Å². The zero-order chi connectivity index (χ0) is 18.5. The molecule has 0 saturated heterocycles. The van der Waals surface area contributed by atoms with Crippen molar-refractivity contribution >= 4 is 11.9 Å². The Labute approximate surface area is 151 Å². The predicted octanol–water partition coefficient (Wildman–Crippen LogP) is 1.84. The molecule has 5 rings (SSSR count). The zero-order valence-electron chi connectivity index (χ0n) is 15.3. The number of methoxy groups -OCH3 is 4. The van der Waals surface area contributed by atoms with Crippen LogP contribution in [-0.4, -0.2) is 46.2 Å². The molecule has 0 heterocycles. The topological polar surface area (TPSA) is 71.1 Å². The van der Waals surface area contributed by atoms with Gasteiger partial charge >= 0.3 is 11.9 Å². The van der Waals surface area contributed by atoms with Gasteiger partial charge in [0.1, 0.15) is 10.8 Å². The Morgan fingerprint density at radius 3 is 1.62 bits per heavy atom. The maximum absolute atomic E-state index is 13.1. The molecule has 0 radical (unpaired) electrons. The van der Waals surface area contributed by atoms with Crippen molar-refractivity contribution in [1.82, 2.24) is 0 Å². The van der Waals surface area contributed by atoms with Gasteiger partial charge in [-0.05, 0) is 41.2 Å². The van der Waals surface area contributed by atoms with Crippen molar-refractivity contribution in [3.05, 3.63) is 35.4 Å². The summed E-state index contributed by atoms with van der Waals surface area (Å²) in [6.45, 7) is 0. The highest BCUT2D eigenvalue weighted by molar-refractivity contribution is 6.02. The Kier molecular flexibility index (Phi) is 2.92. The molecule has 6 atom stereocenters. The molecule has 0 unspecified atom stereocenters. The van der Waals surface area contributed by atoms with E-state index in [1.54, 1.807) is 0 Å². The van der Waals surface area contributed by atoms with E-state index < -0.39 is 28.6 Å². The summed E-state index contributed by atoms with van der Waals surface area (Å²) >= 11 is 0. The van der Waals surface area contributed by atoms with Gasteiger partial charge in [0.25, 0.3) is 0 Å². The summed E-state index contributed by atoms with van der Waals surface area (Å²) in [4.78, 5) is 26.1. The number of hydrogen-bond acceptors (Lipinski definition) is 6. The minimum Gasteiger partial charge on any atom is -0.468 e. The fourth-order valence-corrected chi connectivity index (χ4v) is 7.37. The summed E-state index contributed by atoms with van der Waals surface area (Å²) in [5, 5.41) is 0. The van der Waals surface area contributed by atoms with Crippen LogP contribution in [0.25, 0.3) is 0 Å². The Bertz CT molecular complexity index is 766. The molecule has 26 heavy (non-hydrogen) atoms. The molecule has 6 nitrogen and oxygen atoms in total. The fraction of sp³-hybridized carbons (Fsp3) is 0.600. The first kappa shape index (κ1) is 16.3. The van der Waals surface area contributed by atoms with Crippen molar-refractivity contribution in [3.63, 3.8) is 0 Å². The summed E-state index contributed by atoms with van der Waals surface area (Å²) in [6.07, 6.45) is 0.940. The number of carbonyl (C=O) groups is 2. The molecule has 3 saturated carbocycles. The molecule has 138 valence electrons. The standard InChI is InChI=1S/C20H22O6/c1-23-16(21)18-14-12-9-13(11-8-6-5-7-10(11)12)15(14)19(18,17(22)24-2)20(18,25-3)26-4/h5-8,12-15H,9H2,1-4H3/t12-,13+,14-,15+,18-,19+. The average molecular weight is 358 g/mol. The average Bonchev–Trinajstić information content (AvgIpc) is 2.94. The molecular weight excluding hydrogens is 336 g/mol. The first-order valence-corrected chi connectivity index (χ1v) is 8.91. The van der Waals surface area contributed by atoms with E-state index in [2.05, 4.69) is 12.1 Å². The van der Waals surface area contributed by atoms with Gasteiger partial charge in [0.15, 0.2) is 0 Å². The van der Waals surface area contributed by atoms with E-state index in [4.69, 9.17) is 18.9 Å². The van der Waals surface area contributed by atoms with Gasteiger partial charge in [0.2, 0.25) is 5.79 Å². The second-order valence-electron chi connectivity index (χ2n) is 7.75. The van der Waals surface area contributed by atoms with Crippen LogP contribution in [0.5, 0.6) is 0 Å². The monoisotopic (exact) mass is 358 g/mol. The third-order valence-electron chi connectivity index (χ3n) is 7.74. The number of carbonyl (C=O) groups excluding carboxylic acids is 2. The van der Waals surface area contributed by atoms with Crippen LogP contribution in [0.15, 0.2) is 24.3 Å². The molecule has 0 amide bonds. The molecule has 6 heteroatoms. The van der Waals surface area contributed by atoms with Crippen LogP contribution >= 0.6 is 0 Å². The second-order valence-corrected chi connectivity index (χ2v) is 7.75. The number of benzene rings is 1. The van der Waals surface area contributed by atoms with Gasteiger partial charge in [0.05, 0.1) is 14.2 Å². The number of esters is 2. The van der Waals surface area contributed by atoms with Gasteiger partial charge in [-0.2, -0.15) is 0 Å². The van der Waals surface area contributed by atoms with Gasteiger partial charge in [-0.15, -0.1) is 0 Å². The summed E-state index contributed by atoms with van der Waals surface area (Å²) < 4.78 is 21.9. The Morgan fingerprint density at radius 1 is 0.846 bits per heavy atom. The molecule has 1 aromatic rings. The third-order valence-corrected chi connectivity index (χ3v) is 7.74. The fourth-order valence-electron chi connectivity index (χ4n) is 7.37. The maximum atomic E-state index is 13.1. The smallest absolute Gasteiger partial charge is 0.319 e. The van der Waals surface area contributed by atoms with Crippen molar-refractivity contribution in [2.75, 3.05) is 28.4 Å². The van der Waals surface area contributed by atoms with Crippen LogP contribution in [-0.2, 0) is 28.5 Å². The largest absolute Gasteiger partial charge is 0.468 e. The number of hydrogen-bond donors (Lipinski definition) is 0. The van der Waals surface area contributed by atoms with Crippen LogP contribution in [0.3, 0.4) is 0 Å².